The quantitative estimate of drug-likeness (QED) is 0.291. The van der Waals surface area contributed by atoms with Gasteiger partial charge in [0, 0.05) is 19.7 Å². The molecule has 1 aliphatic heterocycles. The Kier molecular flexibility index (Phi) is 15.8. The van der Waals surface area contributed by atoms with E-state index in [0.717, 1.165) is 31.0 Å². The summed E-state index contributed by atoms with van der Waals surface area (Å²) in [5.41, 5.74) is 0. The molecule has 9 heteroatoms. The van der Waals surface area contributed by atoms with Crippen LogP contribution in [0, 0.1) is 5.92 Å². The van der Waals surface area contributed by atoms with Gasteiger partial charge in [-0.2, -0.15) is 0 Å². The molecule has 0 saturated carbocycles. The van der Waals surface area contributed by atoms with Crippen molar-refractivity contribution in [1.82, 2.24) is 4.90 Å². The average molecular weight is 498 g/mol. The van der Waals surface area contributed by atoms with E-state index in [4.69, 9.17) is 38.7 Å². The van der Waals surface area contributed by atoms with E-state index in [2.05, 4.69) is 11.8 Å². The average Bonchev–Trinajstić information content (AvgIpc) is 2.81. The third-order valence-electron chi connectivity index (χ3n) is 5.59. The molecule has 1 saturated heterocycles. The molecule has 2 rings (SSSR count). The molecule has 0 aliphatic carbocycles. The Morgan fingerprint density at radius 2 is 1.80 bits per heavy atom. The predicted molar refractivity (Wildman–Crippen MR) is 133 cm³/mol. The molecule has 0 unspecified atom stereocenters. The van der Waals surface area contributed by atoms with Crippen molar-refractivity contribution in [1.29, 1.82) is 0 Å². The number of hydrogen-bond donors (Lipinski definition) is 2. The van der Waals surface area contributed by atoms with Gasteiger partial charge in [-0.25, -0.2) is 9.59 Å². The molecule has 0 aromatic heterocycles. The van der Waals surface area contributed by atoms with Crippen LogP contribution in [0.2, 0.25) is 0 Å². The third-order valence-corrected chi connectivity index (χ3v) is 5.59. The Morgan fingerprint density at radius 1 is 1.09 bits per heavy atom. The summed E-state index contributed by atoms with van der Waals surface area (Å²) in [6.07, 6.45) is 6.47. The van der Waals surface area contributed by atoms with Gasteiger partial charge in [-0.05, 0) is 64.3 Å². The molecular weight excluding hydrogens is 454 g/mol. The maximum Gasteiger partial charge on any atom is 0.414 e. The zero-order valence-electron chi connectivity index (χ0n) is 21.6. The minimum Gasteiger partial charge on any atom is -0.493 e. The van der Waals surface area contributed by atoms with Gasteiger partial charge in [-0.15, -0.1) is 0 Å². The number of piperidine rings is 1. The fourth-order valence-electron chi connectivity index (χ4n) is 3.86. The summed E-state index contributed by atoms with van der Waals surface area (Å²) in [6.45, 7) is 11.7. The van der Waals surface area contributed by atoms with Crippen LogP contribution in [0.4, 0.5) is 0 Å². The van der Waals surface area contributed by atoms with E-state index in [-0.39, 0.29) is 12.2 Å². The molecule has 2 atom stereocenters. The molecular formula is C26H43NO8. The van der Waals surface area contributed by atoms with Crippen LogP contribution in [0.15, 0.2) is 24.3 Å². The molecule has 35 heavy (non-hydrogen) atoms. The fourth-order valence-corrected chi connectivity index (χ4v) is 3.86. The summed E-state index contributed by atoms with van der Waals surface area (Å²) in [5, 5.41) is 14.8. The molecule has 9 nitrogen and oxygen atoms in total. The van der Waals surface area contributed by atoms with Gasteiger partial charge in [-0.1, -0.05) is 25.8 Å². The summed E-state index contributed by atoms with van der Waals surface area (Å²) in [7, 11) is 1.73. The maximum absolute atomic E-state index is 9.10. The van der Waals surface area contributed by atoms with Crippen LogP contribution in [-0.2, 0) is 19.1 Å². The van der Waals surface area contributed by atoms with Gasteiger partial charge in [-0.3, -0.25) is 0 Å². The van der Waals surface area contributed by atoms with Gasteiger partial charge in [0.1, 0.15) is 11.5 Å². The number of carboxylic acids is 2. The number of aliphatic carboxylic acids is 2. The lowest BCUT2D eigenvalue weighted by molar-refractivity contribution is -0.159. The zero-order chi connectivity index (χ0) is 26.1. The Bertz CT molecular complexity index is 715. The summed E-state index contributed by atoms with van der Waals surface area (Å²) >= 11 is 0. The Balaban J connectivity index is 0.000000905. The minimum atomic E-state index is -1.82. The van der Waals surface area contributed by atoms with E-state index in [0.29, 0.717) is 25.7 Å². The second-order valence-electron chi connectivity index (χ2n) is 8.85. The number of carboxylic acid groups (broad SMARTS) is 2. The van der Waals surface area contributed by atoms with Gasteiger partial charge in [0.15, 0.2) is 0 Å². The van der Waals surface area contributed by atoms with Crippen molar-refractivity contribution in [3.8, 4) is 11.5 Å². The molecule has 200 valence electrons. The first-order valence-electron chi connectivity index (χ1n) is 12.4. The highest BCUT2D eigenvalue weighted by Crippen LogP contribution is 2.26. The molecule has 1 fully saturated rings. The van der Waals surface area contributed by atoms with Crippen LogP contribution in [0.5, 0.6) is 11.5 Å². The van der Waals surface area contributed by atoms with Crippen LogP contribution in [0.3, 0.4) is 0 Å². The number of ether oxygens (including phenoxy) is 4. The van der Waals surface area contributed by atoms with E-state index in [9.17, 15) is 0 Å². The molecule has 0 radical (unpaired) electrons. The number of carbonyl (C=O) groups is 2. The highest BCUT2D eigenvalue weighted by atomic mass is 16.5. The minimum absolute atomic E-state index is 0.165. The normalized spacial score (nSPS) is 18.0. The Labute approximate surface area is 209 Å². The topological polar surface area (TPSA) is 115 Å². The summed E-state index contributed by atoms with van der Waals surface area (Å²) in [5.74, 6) is -1.38. The predicted octanol–water partition coefficient (Wildman–Crippen LogP) is 3.94. The van der Waals surface area contributed by atoms with E-state index >= 15 is 0 Å². The molecule has 2 N–H and O–H groups in total. The number of rotatable bonds is 14. The van der Waals surface area contributed by atoms with E-state index in [1.165, 1.54) is 32.2 Å². The highest BCUT2D eigenvalue weighted by Gasteiger charge is 2.29. The monoisotopic (exact) mass is 497 g/mol. The number of hydrogen-bond acceptors (Lipinski definition) is 7. The van der Waals surface area contributed by atoms with E-state index in [1.54, 1.807) is 7.11 Å². The number of nitrogens with zero attached hydrogens (tertiary/aromatic N) is 1. The first kappa shape index (κ1) is 30.7. The van der Waals surface area contributed by atoms with Crippen LogP contribution >= 0.6 is 0 Å². The van der Waals surface area contributed by atoms with Crippen molar-refractivity contribution in [3.05, 3.63) is 24.3 Å². The van der Waals surface area contributed by atoms with Crippen LogP contribution in [0.25, 0.3) is 0 Å². The lowest BCUT2D eigenvalue weighted by atomic mass is 9.90. The van der Waals surface area contributed by atoms with Gasteiger partial charge < -0.3 is 34.1 Å². The molecule has 1 aliphatic rings. The van der Waals surface area contributed by atoms with E-state index < -0.39 is 11.9 Å². The number of methoxy groups -OCH3 is 1. The number of benzene rings is 1. The van der Waals surface area contributed by atoms with Crippen molar-refractivity contribution in [2.24, 2.45) is 5.92 Å². The molecule has 1 heterocycles. The molecule has 0 spiro atoms. The molecule has 0 amide bonds. The highest BCUT2D eigenvalue weighted by molar-refractivity contribution is 6.27. The SMILES string of the molecule is CCCCCN1CC[C@H](CCOc2cccc(OC(C)C)c2)[C@@H](OCCOC)C1.O=C(O)C(=O)O. The smallest absolute Gasteiger partial charge is 0.414 e. The van der Waals surface area contributed by atoms with Crippen molar-refractivity contribution >= 4 is 11.9 Å². The van der Waals surface area contributed by atoms with Crippen molar-refractivity contribution in [3.63, 3.8) is 0 Å². The summed E-state index contributed by atoms with van der Waals surface area (Å²) < 4.78 is 23.2. The van der Waals surface area contributed by atoms with Crippen molar-refractivity contribution in [2.75, 3.05) is 46.6 Å². The number of unbranched alkanes of at least 4 members (excludes halogenated alkanes) is 2. The lowest BCUT2D eigenvalue weighted by Crippen LogP contribution is -2.46. The zero-order valence-corrected chi connectivity index (χ0v) is 21.6. The van der Waals surface area contributed by atoms with Gasteiger partial charge in [0.25, 0.3) is 0 Å². The van der Waals surface area contributed by atoms with Crippen molar-refractivity contribution in [2.45, 2.75) is 65.1 Å². The van der Waals surface area contributed by atoms with Crippen LogP contribution < -0.4 is 9.47 Å². The van der Waals surface area contributed by atoms with E-state index in [1.807, 2.05) is 38.1 Å². The molecule has 1 aromatic rings. The number of likely N-dealkylation sites (tertiary alicyclic amines) is 1. The van der Waals surface area contributed by atoms with Crippen LogP contribution in [-0.4, -0.2) is 85.8 Å². The standard InChI is InChI=1S/C24H41NO4.C2H2O4/c1-5-6-7-13-25-14-11-21(24(19-25)28-17-16-26-4)12-15-27-22-9-8-10-23(18-22)29-20(2)3;3-1(4)2(5)6/h8-10,18,20-21,24H,5-7,11-17,19H2,1-4H3;(H,3,4)(H,5,6)/t21-,24+;/m1./s1. The Hall–Kier alpha value is -2.36. The Morgan fingerprint density at radius 3 is 2.43 bits per heavy atom. The first-order valence-corrected chi connectivity index (χ1v) is 12.4. The van der Waals surface area contributed by atoms with Gasteiger partial charge >= 0.3 is 11.9 Å². The largest absolute Gasteiger partial charge is 0.493 e. The summed E-state index contributed by atoms with van der Waals surface area (Å²) in [4.78, 5) is 20.8. The van der Waals surface area contributed by atoms with Crippen molar-refractivity contribution < 1.29 is 38.7 Å². The first-order chi connectivity index (χ1) is 16.8. The molecule has 0 bridgehead atoms. The van der Waals surface area contributed by atoms with Gasteiger partial charge in [0.2, 0.25) is 0 Å². The lowest BCUT2D eigenvalue weighted by Gasteiger charge is -2.38. The maximum atomic E-state index is 9.10. The van der Waals surface area contributed by atoms with Crippen LogP contribution in [0.1, 0.15) is 52.9 Å². The second-order valence-corrected chi connectivity index (χ2v) is 8.85. The molecule has 1 aromatic carbocycles. The third kappa shape index (κ3) is 13.9. The van der Waals surface area contributed by atoms with Gasteiger partial charge in [0.05, 0.1) is 32.0 Å². The second kappa shape index (κ2) is 18.0. The summed E-state index contributed by atoms with van der Waals surface area (Å²) in [6, 6.07) is 7.93. The fraction of sp³-hybridized carbons (Fsp3) is 0.692.